The summed E-state index contributed by atoms with van der Waals surface area (Å²) in [6, 6.07) is 3.74. The Morgan fingerprint density at radius 1 is 1.17 bits per heavy atom. The minimum absolute atomic E-state index is 0.0278. The first kappa shape index (κ1) is 14.7. The van der Waals surface area contributed by atoms with Gasteiger partial charge >= 0.3 is 0 Å². The number of fused-ring (bicyclic) bond motifs is 1. The van der Waals surface area contributed by atoms with Gasteiger partial charge in [0.2, 0.25) is 0 Å². The highest BCUT2D eigenvalue weighted by Gasteiger charge is 2.22. The van der Waals surface area contributed by atoms with Gasteiger partial charge in [-0.25, -0.2) is 9.50 Å². The number of hydrogen-bond donors (Lipinski definition) is 0. The molecule has 122 valence electrons. The first-order valence-electron chi connectivity index (χ1n) is 8.16. The van der Waals surface area contributed by atoms with Gasteiger partial charge in [-0.15, -0.1) is 5.10 Å². The molecule has 0 radical (unpaired) electrons. The molecule has 0 spiro atoms. The topological polar surface area (TPSA) is 76.3 Å². The zero-order chi connectivity index (χ0) is 16.5. The van der Waals surface area contributed by atoms with Gasteiger partial charge in [-0.05, 0) is 38.3 Å². The Hall–Kier alpha value is -2.83. The lowest BCUT2D eigenvalue weighted by molar-refractivity contribution is 0.0722. The van der Waals surface area contributed by atoms with Crippen LogP contribution in [0.25, 0.3) is 17.2 Å². The van der Waals surface area contributed by atoms with E-state index in [4.69, 9.17) is 0 Å². The fourth-order valence-electron chi connectivity index (χ4n) is 3.04. The first-order chi connectivity index (χ1) is 11.7. The maximum Gasteiger partial charge on any atom is 0.257 e. The van der Waals surface area contributed by atoms with Crippen LogP contribution in [0.2, 0.25) is 0 Å². The van der Waals surface area contributed by atoms with Crippen molar-refractivity contribution in [2.75, 3.05) is 13.1 Å². The molecule has 1 aliphatic heterocycles. The lowest BCUT2D eigenvalue weighted by Crippen LogP contribution is -2.36. The third-order valence-electron chi connectivity index (χ3n) is 4.40. The molecule has 0 unspecified atom stereocenters. The fourth-order valence-corrected chi connectivity index (χ4v) is 3.04. The van der Waals surface area contributed by atoms with Crippen molar-refractivity contribution in [3.63, 3.8) is 0 Å². The van der Waals surface area contributed by atoms with Crippen LogP contribution in [0.4, 0.5) is 0 Å². The summed E-state index contributed by atoms with van der Waals surface area (Å²) in [6.07, 6.45) is 8.35. The van der Waals surface area contributed by atoms with Gasteiger partial charge in [0.25, 0.3) is 11.7 Å². The van der Waals surface area contributed by atoms with E-state index < -0.39 is 0 Å². The van der Waals surface area contributed by atoms with E-state index in [2.05, 4.69) is 20.1 Å². The fraction of sp³-hybridized carbons (Fsp3) is 0.353. The third kappa shape index (κ3) is 2.51. The molecule has 24 heavy (non-hydrogen) atoms. The Bertz CT molecular complexity index is 883. The molecule has 3 aromatic heterocycles. The molecular formula is C17H18N6O. The normalized spacial score (nSPS) is 15.0. The van der Waals surface area contributed by atoms with Crippen LogP contribution in [0, 0.1) is 6.92 Å². The molecule has 1 saturated heterocycles. The van der Waals surface area contributed by atoms with Crippen molar-refractivity contribution in [3.05, 3.63) is 42.0 Å². The van der Waals surface area contributed by atoms with E-state index in [1.807, 2.05) is 24.0 Å². The lowest BCUT2D eigenvalue weighted by Gasteiger charge is -2.27. The molecule has 0 atom stereocenters. The summed E-state index contributed by atoms with van der Waals surface area (Å²) in [4.78, 5) is 27.5. The molecule has 1 amide bonds. The van der Waals surface area contributed by atoms with Crippen molar-refractivity contribution in [3.8, 4) is 11.4 Å². The number of amides is 1. The number of nitrogens with zero attached hydrogens (tertiary/aromatic N) is 6. The molecule has 1 aliphatic rings. The molecule has 3 aromatic rings. The van der Waals surface area contributed by atoms with Crippen LogP contribution in [-0.2, 0) is 0 Å². The van der Waals surface area contributed by atoms with E-state index in [-0.39, 0.29) is 5.91 Å². The van der Waals surface area contributed by atoms with Crippen molar-refractivity contribution in [1.29, 1.82) is 0 Å². The molecule has 0 saturated carbocycles. The van der Waals surface area contributed by atoms with Gasteiger partial charge in [0, 0.05) is 37.2 Å². The summed E-state index contributed by atoms with van der Waals surface area (Å²) in [5, 5.41) is 4.50. The Morgan fingerprint density at radius 3 is 2.75 bits per heavy atom. The third-order valence-corrected chi connectivity index (χ3v) is 4.40. The van der Waals surface area contributed by atoms with Crippen molar-refractivity contribution in [2.45, 2.75) is 26.2 Å². The van der Waals surface area contributed by atoms with Crippen LogP contribution in [0.5, 0.6) is 0 Å². The smallest absolute Gasteiger partial charge is 0.257 e. The van der Waals surface area contributed by atoms with Crippen LogP contribution >= 0.6 is 0 Å². The number of carbonyl (C=O) groups excluding carboxylic acids is 1. The van der Waals surface area contributed by atoms with Crippen LogP contribution in [0.15, 0.2) is 30.7 Å². The number of rotatable bonds is 2. The van der Waals surface area contributed by atoms with E-state index in [0.29, 0.717) is 17.2 Å². The highest BCUT2D eigenvalue weighted by molar-refractivity contribution is 5.95. The number of piperidine rings is 1. The zero-order valence-electron chi connectivity index (χ0n) is 13.5. The summed E-state index contributed by atoms with van der Waals surface area (Å²) < 4.78 is 1.64. The molecule has 0 aliphatic carbocycles. The standard InChI is InChI=1S/C17H18N6O/c1-12-14(16(24)22-8-3-2-4-9-22)11-19-17-20-15(21-23(12)17)13-6-5-7-18-10-13/h5-7,10-11H,2-4,8-9H2,1H3. The minimum Gasteiger partial charge on any atom is -0.339 e. The number of likely N-dealkylation sites (tertiary alicyclic amines) is 1. The number of aryl methyl sites for hydroxylation is 1. The van der Waals surface area contributed by atoms with Gasteiger partial charge in [-0.3, -0.25) is 9.78 Å². The van der Waals surface area contributed by atoms with Crippen molar-refractivity contribution < 1.29 is 4.79 Å². The second-order valence-electron chi connectivity index (χ2n) is 6.00. The van der Waals surface area contributed by atoms with E-state index in [1.54, 1.807) is 23.1 Å². The van der Waals surface area contributed by atoms with Gasteiger partial charge in [-0.1, -0.05) is 0 Å². The van der Waals surface area contributed by atoms with Crippen molar-refractivity contribution in [1.82, 2.24) is 29.5 Å². The second kappa shape index (κ2) is 5.99. The lowest BCUT2D eigenvalue weighted by atomic mass is 10.1. The van der Waals surface area contributed by atoms with Crippen molar-refractivity contribution in [2.24, 2.45) is 0 Å². The average Bonchev–Trinajstić information content (AvgIpc) is 3.08. The highest BCUT2D eigenvalue weighted by atomic mass is 16.2. The molecule has 0 N–H and O–H groups in total. The summed E-state index contributed by atoms with van der Waals surface area (Å²) in [7, 11) is 0. The van der Waals surface area contributed by atoms with Gasteiger partial charge in [0.05, 0.1) is 11.3 Å². The number of hydrogen-bond acceptors (Lipinski definition) is 5. The molecule has 7 heteroatoms. The minimum atomic E-state index is 0.0278. The molecule has 4 rings (SSSR count). The Balaban J connectivity index is 1.73. The molecule has 4 heterocycles. The Labute approximate surface area is 139 Å². The first-order valence-corrected chi connectivity index (χ1v) is 8.16. The molecular weight excluding hydrogens is 304 g/mol. The van der Waals surface area contributed by atoms with Gasteiger partial charge in [0.15, 0.2) is 5.82 Å². The maximum atomic E-state index is 12.8. The SMILES string of the molecule is Cc1c(C(=O)N2CCCCC2)cnc2nc(-c3cccnc3)nn12. The predicted molar refractivity (Wildman–Crippen MR) is 88.5 cm³/mol. The van der Waals surface area contributed by atoms with Gasteiger partial charge in [0.1, 0.15) is 0 Å². The van der Waals surface area contributed by atoms with E-state index in [9.17, 15) is 4.79 Å². The maximum absolute atomic E-state index is 12.8. The van der Waals surface area contributed by atoms with E-state index in [1.165, 1.54) is 6.42 Å². The van der Waals surface area contributed by atoms with E-state index in [0.717, 1.165) is 37.2 Å². The summed E-state index contributed by atoms with van der Waals surface area (Å²) in [5.74, 6) is 1.07. The molecule has 0 aromatic carbocycles. The summed E-state index contributed by atoms with van der Waals surface area (Å²) in [5.41, 5.74) is 2.18. The number of pyridine rings is 1. The highest BCUT2D eigenvalue weighted by Crippen LogP contribution is 2.18. The van der Waals surface area contributed by atoms with Crippen LogP contribution in [0.3, 0.4) is 0 Å². The van der Waals surface area contributed by atoms with E-state index >= 15 is 0 Å². The van der Waals surface area contributed by atoms with Gasteiger partial charge in [-0.2, -0.15) is 4.98 Å². The van der Waals surface area contributed by atoms with Crippen LogP contribution in [0.1, 0.15) is 35.3 Å². The monoisotopic (exact) mass is 322 g/mol. The Morgan fingerprint density at radius 2 is 2.00 bits per heavy atom. The summed E-state index contributed by atoms with van der Waals surface area (Å²) in [6.45, 7) is 3.51. The van der Waals surface area contributed by atoms with Crippen LogP contribution in [-0.4, -0.2) is 48.5 Å². The number of aromatic nitrogens is 5. The Kier molecular flexibility index (Phi) is 3.68. The quantitative estimate of drug-likeness (QED) is 0.722. The second-order valence-corrected chi connectivity index (χ2v) is 6.00. The summed E-state index contributed by atoms with van der Waals surface area (Å²) >= 11 is 0. The average molecular weight is 322 g/mol. The molecule has 1 fully saturated rings. The molecule has 7 nitrogen and oxygen atoms in total. The van der Waals surface area contributed by atoms with Crippen LogP contribution < -0.4 is 0 Å². The zero-order valence-corrected chi connectivity index (χ0v) is 13.5. The largest absolute Gasteiger partial charge is 0.339 e. The van der Waals surface area contributed by atoms with Gasteiger partial charge < -0.3 is 4.90 Å². The predicted octanol–water partition coefficient (Wildman–Crippen LogP) is 2.12. The number of carbonyl (C=O) groups is 1. The molecule has 0 bridgehead atoms. The van der Waals surface area contributed by atoms with Crippen molar-refractivity contribution >= 4 is 11.7 Å².